The van der Waals surface area contributed by atoms with Crippen LogP contribution in [0.2, 0.25) is 0 Å². The monoisotopic (exact) mass is 399 g/mol. The number of nitrogens with zero attached hydrogens (tertiary/aromatic N) is 2. The molecular formula is C25H25N3O2. The minimum absolute atomic E-state index is 0.0330. The highest BCUT2D eigenvalue weighted by molar-refractivity contribution is 5.94. The number of rotatable bonds is 7. The summed E-state index contributed by atoms with van der Waals surface area (Å²) in [5.41, 5.74) is 4.32. The first-order valence-electron chi connectivity index (χ1n) is 10.2. The Bertz CT molecular complexity index is 1110. The fraction of sp³-hybridized carbons (Fsp3) is 0.200. The summed E-state index contributed by atoms with van der Waals surface area (Å²) in [5.74, 6) is 0.481. The van der Waals surface area contributed by atoms with Gasteiger partial charge in [0.2, 0.25) is 0 Å². The zero-order valence-corrected chi connectivity index (χ0v) is 17.2. The number of nitrogens with one attached hydrogen (secondary N) is 1. The summed E-state index contributed by atoms with van der Waals surface area (Å²) >= 11 is 0. The number of carbonyl (C=O) groups is 1. The zero-order valence-electron chi connectivity index (χ0n) is 17.2. The summed E-state index contributed by atoms with van der Waals surface area (Å²) in [7, 11) is 0. The SMILES string of the molecule is Cc1cccc(-n2nc(-c3ccco3)cc2C(=O)N[C@@H](C)CCc2ccccc2)c1. The average molecular weight is 399 g/mol. The van der Waals surface area contributed by atoms with Crippen LogP contribution in [0.1, 0.15) is 35.0 Å². The number of aryl methyl sites for hydroxylation is 2. The van der Waals surface area contributed by atoms with Crippen molar-refractivity contribution < 1.29 is 9.21 Å². The summed E-state index contributed by atoms with van der Waals surface area (Å²) < 4.78 is 7.17. The summed E-state index contributed by atoms with van der Waals surface area (Å²) in [6, 6.07) is 23.7. The number of aromatic nitrogens is 2. The van der Waals surface area contributed by atoms with Gasteiger partial charge in [-0.25, -0.2) is 4.68 Å². The molecule has 5 nitrogen and oxygen atoms in total. The second-order valence-corrected chi connectivity index (χ2v) is 7.54. The van der Waals surface area contributed by atoms with Crippen LogP contribution in [0.5, 0.6) is 0 Å². The molecule has 152 valence electrons. The van der Waals surface area contributed by atoms with Gasteiger partial charge in [0, 0.05) is 12.1 Å². The fourth-order valence-corrected chi connectivity index (χ4v) is 3.44. The van der Waals surface area contributed by atoms with E-state index in [1.807, 2.05) is 68.4 Å². The van der Waals surface area contributed by atoms with Gasteiger partial charge in [0.25, 0.3) is 5.91 Å². The maximum Gasteiger partial charge on any atom is 0.270 e. The Labute approximate surface area is 176 Å². The van der Waals surface area contributed by atoms with E-state index in [1.54, 1.807) is 17.0 Å². The third kappa shape index (κ3) is 4.51. The van der Waals surface area contributed by atoms with Crippen molar-refractivity contribution in [3.8, 4) is 17.1 Å². The lowest BCUT2D eigenvalue weighted by molar-refractivity contribution is 0.0930. The van der Waals surface area contributed by atoms with E-state index in [9.17, 15) is 4.79 Å². The Morgan fingerprint density at radius 3 is 2.63 bits per heavy atom. The van der Waals surface area contributed by atoms with Gasteiger partial charge in [-0.05, 0) is 62.1 Å². The minimum Gasteiger partial charge on any atom is -0.463 e. The van der Waals surface area contributed by atoms with Gasteiger partial charge in [0.05, 0.1) is 12.0 Å². The van der Waals surface area contributed by atoms with E-state index in [-0.39, 0.29) is 11.9 Å². The summed E-state index contributed by atoms with van der Waals surface area (Å²) in [6.45, 7) is 4.05. The quantitative estimate of drug-likeness (QED) is 0.465. The lowest BCUT2D eigenvalue weighted by Crippen LogP contribution is -2.34. The van der Waals surface area contributed by atoms with E-state index in [1.165, 1.54) is 5.56 Å². The van der Waals surface area contributed by atoms with E-state index >= 15 is 0 Å². The van der Waals surface area contributed by atoms with Gasteiger partial charge < -0.3 is 9.73 Å². The molecule has 4 aromatic rings. The van der Waals surface area contributed by atoms with Crippen molar-refractivity contribution in [3.05, 3.63) is 95.9 Å². The molecule has 1 N–H and O–H groups in total. The molecule has 0 spiro atoms. The van der Waals surface area contributed by atoms with Crippen molar-refractivity contribution in [1.82, 2.24) is 15.1 Å². The molecule has 0 aliphatic heterocycles. The Balaban J connectivity index is 1.56. The number of benzene rings is 2. The van der Waals surface area contributed by atoms with Gasteiger partial charge in [0.15, 0.2) is 5.76 Å². The average Bonchev–Trinajstić information content (AvgIpc) is 3.43. The van der Waals surface area contributed by atoms with Gasteiger partial charge in [-0.15, -0.1) is 0 Å². The Hall–Kier alpha value is -3.60. The predicted octanol–water partition coefficient (Wildman–Crippen LogP) is 5.19. The molecule has 2 heterocycles. The van der Waals surface area contributed by atoms with Crippen LogP contribution < -0.4 is 5.32 Å². The number of amides is 1. The van der Waals surface area contributed by atoms with E-state index in [0.717, 1.165) is 24.1 Å². The maximum atomic E-state index is 13.1. The molecule has 0 bridgehead atoms. The number of carbonyl (C=O) groups excluding carboxylic acids is 1. The number of hydrogen-bond acceptors (Lipinski definition) is 3. The van der Waals surface area contributed by atoms with E-state index in [4.69, 9.17) is 4.42 Å². The lowest BCUT2D eigenvalue weighted by atomic mass is 10.1. The van der Waals surface area contributed by atoms with Crippen LogP contribution in [0, 0.1) is 6.92 Å². The Kier molecular flexibility index (Phi) is 5.80. The van der Waals surface area contributed by atoms with Crippen LogP contribution in [-0.2, 0) is 6.42 Å². The fourth-order valence-electron chi connectivity index (χ4n) is 3.44. The van der Waals surface area contributed by atoms with Crippen LogP contribution in [-0.4, -0.2) is 21.7 Å². The van der Waals surface area contributed by atoms with Crippen molar-refractivity contribution in [2.75, 3.05) is 0 Å². The van der Waals surface area contributed by atoms with Gasteiger partial charge in [-0.3, -0.25) is 4.79 Å². The van der Waals surface area contributed by atoms with Crippen molar-refractivity contribution in [3.63, 3.8) is 0 Å². The van der Waals surface area contributed by atoms with E-state index in [2.05, 4.69) is 22.5 Å². The minimum atomic E-state index is -0.151. The molecule has 0 radical (unpaired) electrons. The molecule has 4 rings (SSSR count). The molecule has 2 aromatic heterocycles. The smallest absolute Gasteiger partial charge is 0.270 e. The molecule has 30 heavy (non-hydrogen) atoms. The molecule has 0 aliphatic carbocycles. The molecule has 2 aromatic carbocycles. The molecule has 0 saturated carbocycles. The second kappa shape index (κ2) is 8.82. The molecule has 0 saturated heterocycles. The third-order valence-corrected chi connectivity index (χ3v) is 5.05. The highest BCUT2D eigenvalue weighted by Crippen LogP contribution is 2.23. The maximum absolute atomic E-state index is 13.1. The largest absolute Gasteiger partial charge is 0.463 e. The topological polar surface area (TPSA) is 60.1 Å². The second-order valence-electron chi connectivity index (χ2n) is 7.54. The third-order valence-electron chi connectivity index (χ3n) is 5.05. The van der Waals surface area contributed by atoms with Gasteiger partial charge in [-0.2, -0.15) is 5.10 Å². The summed E-state index contributed by atoms with van der Waals surface area (Å²) in [5, 5.41) is 7.77. The van der Waals surface area contributed by atoms with Crippen LogP contribution in [0.4, 0.5) is 0 Å². The number of hydrogen-bond donors (Lipinski definition) is 1. The number of furan rings is 1. The highest BCUT2D eigenvalue weighted by atomic mass is 16.3. The van der Waals surface area contributed by atoms with Crippen molar-refractivity contribution in [1.29, 1.82) is 0 Å². The Morgan fingerprint density at radius 1 is 1.07 bits per heavy atom. The van der Waals surface area contributed by atoms with Crippen molar-refractivity contribution in [2.45, 2.75) is 32.7 Å². The normalized spacial score (nSPS) is 11.9. The Morgan fingerprint density at radius 2 is 1.90 bits per heavy atom. The molecular weight excluding hydrogens is 374 g/mol. The van der Waals surface area contributed by atoms with Crippen molar-refractivity contribution in [2.24, 2.45) is 0 Å². The van der Waals surface area contributed by atoms with Crippen LogP contribution >= 0.6 is 0 Å². The summed E-state index contributed by atoms with van der Waals surface area (Å²) in [4.78, 5) is 13.1. The molecule has 5 heteroatoms. The summed E-state index contributed by atoms with van der Waals surface area (Å²) in [6.07, 6.45) is 3.38. The molecule has 1 amide bonds. The first-order valence-corrected chi connectivity index (χ1v) is 10.2. The molecule has 0 unspecified atom stereocenters. The van der Waals surface area contributed by atoms with Crippen molar-refractivity contribution >= 4 is 5.91 Å². The predicted molar refractivity (Wildman–Crippen MR) is 118 cm³/mol. The van der Waals surface area contributed by atoms with Crippen LogP contribution in [0.3, 0.4) is 0 Å². The molecule has 0 fully saturated rings. The first kappa shape index (κ1) is 19.7. The van der Waals surface area contributed by atoms with E-state index < -0.39 is 0 Å². The molecule has 0 aliphatic rings. The van der Waals surface area contributed by atoms with Crippen LogP contribution in [0.15, 0.2) is 83.5 Å². The van der Waals surface area contributed by atoms with Gasteiger partial charge in [-0.1, -0.05) is 42.5 Å². The van der Waals surface area contributed by atoms with Crippen LogP contribution in [0.25, 0.3) is 17.1 Å². The standard InChI is InChI=1S/C25H25N3O2/c1-18-8-6-11-21(16-18)28-23(17-22(27-28)24-12-7-15-30-24)25(29)26-19(2)13-14-20-9-4-3-5-10-20/h3-12,15-17,19H,13-14H2,1-2H3,(H,26,29)/t19-/m0/s1. The van der Waals surface area contributed by atoms with Gasteiger partial charge >= 0.3 is 0 Å². The first-order chi connectivity index (χ1) is 14.6. The lowest BCUT2D eigenvalue weighted by Gasteiger charge is -2.15. The van der Waals surface area contributed by atoms with E-state index in [0.29, 0.717) is 17.1 Å². The highest BCUT2D eigenvalue weighted by Gasteiger charge is 2.20. The van der Waals surface area contributed by atoms with Gasteiger partial charge in [0.1, 0.15) is 11.4 Å². The molecule has 1 atom stereocenters. The zero-order chi connectivity index (χ0) is 20.9.